The van der Waals surface area contributed by atoms with Gasteiger partial charge in [0.15, 0.2) is 5.82 Å². The van der Waals surface area contributed by atoms with Crippen LogP contribution in [0.1, 0.15) is 30.0 Å². The van der Waals surface area contributed by atoms with Crippen molar-refractivity contribution >= 4 is 17.5 Å². The SMILES string of the molecule is Cc1cnnc(NC(=O)Nc2cn[nH]c2C2CC2)c1. The number of amides is 2. The van der Waals surface area contributed by atoms with Gasteiger partial charge in [0, 0.05) is 5.92 Å². The van der Waals surface area contributed by atoms with Gasteiger partial charge in [-0.05, 0) is 31.4 Å². The van der Waals surface area contributed by atoms with Crippen LogP contribution in [0.5, 0.6) is 0 Å². The number of hydrogen-bond acceptors (Lipinski definition) is 4. The number of aryl methyl sites for hydroxylation is 1. The molecule has 1 aliphatic rings. The van der Waals surface area contributed by atoms with E-state index in [0.717, 1.165) is 29.8 Å². The smallest absolute Gasteiger partial charge is 0.305 e. The average molecular weight is 258 g/mol. The van der Waals surface area contributed by atoms with Crippen LogP contribution in [0.2, 0.25) is 0 Å². The van der Waals surface area contributed by atoms with Gasteiger partial charge in [0.1, 0.15) is 0 Å². The van der Waals surface area contributed by atoms with Crippen molar-refractivity contribution in [3.8, 4) is 0 Å². The molecule has 0 spiro atoms. The lowest BCUT2D eigenvalue weighted by Gasteiger charge is -2.06. The highest BCUT2D eigenvalue weighted by atomic mass is 16.2. The number of carbonyl (C=O) groups excluding carboxylic acids is 1. The maximum atomic E-state index is 11.9. The predicted octanol–water partition coefficient (Wildman–Crippen LogP) is 2.03. The molecular weight excluding hydrogens is 244 g/mol. The third-order valence-electron chi connectivity index (χ3n) is 2.94. The van der Waals surface area contributed by atoms with E-state index >= 15 is 0 Å². The number of aromatic nitrogens is 4. The van der Waals surface area contributed by atoms with Gasteiger partial charge >= 0.3 is 6.03 Å². The lowest BCUT2D eigenvalue weighted by atomic mass is 10.2. The normalized spacial score (nSPS) is 14.2. The first-order chi connectivity index (χ1) is 9.22. The first kappa shape index (κ1) is 11.6. The molecule has 2 heterocycles. The second kappa shape index (κ2) is 4.68. The molecule has 0 radical (unpaired) electrons. The van der Waals surface area contributed by atoms with Crippen LogP contribution >= 0.6 is 0 Å². The summed E-state index contributed by atoms with van der Waals surface area (Å²) in [4.78, 5) is 11.9. The molecule has 2 aromatic rings. The largest absolute Gasteiger partial charge is 0.324 e. The summed E-state index contributed by atoms with van der Waals surface area (Å²) >= 11 is 0. The van der Waals surface area contributed by atoms with Crippen molar-refractivity contribution in [2.24, 2.45) is 0 Å². The highest BCUT2D eigenvalue weighted by molar-refractivity contribution is 5.99. The van der Waals surface area contributed by atoms with Crippen LogP contribution < -0.4 is 10.6 Å². The second-order valence-electron chi connectivity index (χ2n) is 4.67. The summed E-state index contributed by atoms with van der Waals surface area (Å²) in [6.45, 7) is 1.89. The Labute approximate surface area is 109 Å². The highest BCUT2D eigenvalue weighted by Gasteiger charge is 2.28. The van der Waals surface area contributed by atoms with Crippen molar-refractivity contribution in [1.82, 2.24) is 20.4 Å². The number of rotatable bonds is 3. The third kappa shape index (κ3) is 2.70. The molecule has 0 aliphatic heterocycles. The Morgan fingerprint density at radius 2 is 2.21 bits per heavy atom. The highest BCUT2D eigenvalue weighted by Crippen LogP contribution is 2.42. The molecule has 2 aromatic heterocycles. The minimum atomic E-state index is -0.344. The second-order valence-corrected chi connectivity index (χ2v) is 4.67. The molecule has 19 heavy (non-hydrogen) atoms. The summed E-state index contributed by atoms with van der Waals surface area (Å²) in [6.07, 6.45) is 5.53. The van der Waals surface area contributed by atoms with Gasteiger partial charge in [0.25, 0.3) is 0 Å². The summed E-state index contributed by atoms with van der Waals surface area (Å²) in [5, 5.41) is 19.9. The lowest BCUT2D eigenvalue weighted by Crippen LogP contribution is -2.20. The Hall–Kier alpha value is -2.44. The fourth-order valence-corrected chi connectivity index (χ4v) is 1.87. The quantitative estimate of drug-likeness (QED) is 0.784. The van der Waals surface area contributed by atoms with Crippen LogP contribution in [0.4, 0.5) is 16.3 Å². The summed E-state index contributed by atoms with van der Waals surface area (Å²) in [5.74, 6) is 0.922. The standard InChI is InChI=1S/C12H14N6O/c1-7-4-10(17-13-5-7)16-12(19)15-9-6-14-18-11(9)8-2-3-8/h4-6,8H,2-3H2,1H3,(H,14,18)(H2,15,16,17,19). The Kier molecular flexibility index (Phi) is 2.86. The molecule has 0 aromatic carbocycles. The molecule has 0 unspecified atom stereocenters. The van der Waals surface area contributed by atoms with E-state index in [2.05, 4.69) is 31.0 Å². The first-order valence-electron chi connectivity index (χ1n) is 6.13. The van der Waals surface area contributed by atoms with Gasteiger partial charge in [-0.15, -0.1) is 5.10 Å². The van der Waals surface area contributed by atoms with E-state index in [1.54, 1.807) is 18.5 Å². The zero-order valence-electron chi connectivity index (χ0n) is 10.5. The number of urea groups is 1. The van der Waals surface area contributed by atoms with Gasteiger partial charge < -0.3 is 5.32 Å². The Morgan fingerprint density at radius 3 is 2.95 bits per heavy atom. The summed E-state index contributed by atoms with van der Waals surface area (Å²) < 4.78 is 0. The van der Waals surface area contributed by atoms with E-state index in [-0.39, 0.29) is 6.03 Å². The van der Waals surface area contributed by atoms with Gasteiger partial charge in [-0.3, -0.25) is 10.4 Å². The molecule has 98 valence electrons. The molecule has 1 aliphatic carbocycles. The van der Waals surface area contributed by atoms with Crippen molar-refractivity contribution in [1.29, 1.82) is 0 Å². The summed E-state index contributed by atoms with van der Waals surface area (Å²) in [7, 11) is 0. The fourth-order valence-electron chi connectivity index (χ4n) is 1.87. The van der Waals surface area contributed by atoms with E-state index in [1.807, 2.05) is 6.92 Å². The number of anilines is 2. The van der Waals surface area contributed by atoms with Crippen molar-refractivity contribution in [2.45, 2.75) is 25.7 Å². The number of hydrogen-bond donors (Lipinski definition) is 3. The van der Waals surface area contributed by atoms with Crippen LogP contribution in [0.25, 0.3) is 0 Å². The minimum Gasteiger partial charge on any atom is -0.305 e. The van der Waals surface area contributed by atoms with E-state index in [0.29, 0.717) is 11.7 Å². The topological polar surface area (TPSA) is 95.6 Å². The molecule has 3 rings (SSSR count). The number of H-pyrrole nitrogens is 1. The van der Waals surface area contributed by atoms with E-state index in [9.17, 15) is 4.79 Å². The Morgan fingerprint density at radius 1 is 1.37 bits per heavy atom. The van der Waals surface area contributed by atoms with Crippen molar-refractivity contribution < 1.29 is 4.79 Å². The molecule has 1 fully saturated rings. The summed E-state index contributed by atoms with van der Waals surface area (Å²) in [5.41, 5.74) is 2.65. The molecule has 0 atom stereocenters. The van der Waals surface area contributed by atoms with Crippen LogP contribution in [0.15, 0.2) is 18.5 Å². The van der Waals surface area contributed by atoms with Crippen LogP contribution in [0, 0.1) is 6.92 Å². The lowest BCUT2D eigenvalue weighted by molar-refractivity contribution is 0.262. The van der Waals surface area contributed by atoms with E-state index in [4.69, 9.17) is 0 Å². The monoisotopic (exact) mass is 258 g/mol. The first-order valence-corrected chi connectivity index (χ1v) is 6.13. The Balaban J connectivity index is 1.66. The number of nitrogens with zero attached hydrogens (tertiary/aromatic N) is 3. The zero-order valence-corrected chi connectivity index (χ0v) is 10.5. The van der Waals surface area contributed by atoms with E-state index < -0.39 is 0 Å². The molecule has 3 N–H and O–H groups in total. The minimum absolute atomic E-state index is 0.344. The molecule has 7 nitrogen and oxygen atoms in total. The van der Waals surface area contributed by atoms with Gasteiger partial charge in [0.05, 0.1) is 23.8 Å². The number of aromatic amines is 1. The molecule has 0 saturated heterocycles. The number of carbonyl (C=O) groups is 1. The molecule has 1 saturated carbocycles. The van der Waals surface area contributed by atoms with Gasteiger partial charge in [-0.2, -0.15) is 10.2 Å². The average Bonchev–Trinajstić information content (AvgIpc) is 3.10. The van der Waals surface area contributed by atoms with Gasteiger partial charge in [-0.25, -0.2) is 4.79 Å². The maximum Gasteiger partial charge on any atom is 0.324 e. The molecular formula is C12H14N6O. The molecule has 2 amide bonds. The van der Waals surface area contributed by atoms with Crippen LogP contribution in [0.3, 0.4) is 0 Å². The Bertz CT molecular complexity index is 604. The predicted molar refractivity (Wildman–Crippen MR) is 70.0 cm³/mol. The molecule has 0 bridgehead atoms. The van der Waals surface area contributed by atoms with Crippen molar-refractivity contribution in [2.75, 3.05) is 10.6 Å². The third-order valence-corrected chi connectivity index (χ3v) is 2.94. The van der Waals surface area contributed by atoms with Gasteiger partial charge in [0.2, 0.25) is 0 Å². The van der Waals surface area contributed by atoms with Gasteiger partial charge in [-0.1, -0.05) is 0 Å². The van der Waals surface area contributed by atoms with Crippen molar-refractivity contribution in [3.63, 3.8) is 0 Å². The fraction of sp³-hybridized carbons (Fsp3) is 0.333. The maximum absolute atomic E-state index is 11.9. The van der Waals surface area contributed by atoms with Crippen molar-refractivity contribution in [3.05, 3.63) is 29.7 Å². The van der Waals surface area contributed by atoms with Crippen LogP contribution in [-0.2, 0) is 0 Å². The molecule has 7 heteroatoms. The summed E-state index contributed by atoms with van der Waals surface area (Å²) in [6, 6.07) is 1.41. The van der Waals surface area contributed by atoms with E-state index in [1.165, 1.54) is 0 Å². The van der Waals surface area contributed by atoms with Crippen LogP contribution in [-0.4, -0.2) is 26.4 Å². The number of nitrogens with one attached hydrogen (secondary N) is 3. The zero-order chi connectivity index (χ0) is 13.2.